The Bertz CT molecular complexity index is 748. The fraction of sp³-hybridized carbons (Fsp3) is 0.176. The number of halogens is 2. The molecule has 0 bridgehead atoms. The first-order valence-corrected chi connectivity index (χ1v) is 8.21. The Balaban J connectivity index is 2.15. The van der Waals surface area contributed by atoms with Crippen molar-refractivity contribution in [2.75, 3.05) is 7.11 Å². The molecule has 126 valence electrons. The van der Waals surface area contributed by atoms with Gasteiger partial charge in [-0.25, -0.2) is 5.43 Å². The van der Waals surface area contributed by atoms with E-state index in [4.69, 9.17) is 21.1 Å². The molecule has 1 amide bonds. The van der Waals surface area contributed by atoms with Crippen molar-refractivity contribution in [2.45, 2.75) is 13.5 Å². The Labute approximate surface area is 153 Å². The van der Waals surface area contributed by atoms with Crippen LogP contribution >= 0.6 is 27.5 Å². The smallest absolute Gasteiger partial charge is 0.236 e. The molecular formula is C17H16BrClN2O3. The number of nitrogens with one attached hydrogen (secondary N) is 1. The molecule has 0 saturated heterocycles. The molecule has 0 unspecified atom stereocenters. The first-order valence-electron chi connectivity index (χ1n) is 7.04. The number of carbonyl (C=O) groups is 1. The lowest BCUT2D eigenvalue weighted by Crippen LogP contribution is -2.12. The van der Waals surface area contributed by atoms with Gasteiger partial charge in [0.15, 0.2) is 11.5 Å². The molecule has 0 fully saturated rings. The number of amides is 1. The number of benzene rings is 2. The molecule has 0 radical (unpaired) electrons. The van der Waals surface area contributed by atoms with Gasteiger partial charge in [0.1, 0.15) is 6.61 Å². The molecule has 2 aromatic carbocycles. The van der Waals surface area contributed by atoms with E-state index in [1.54, 1.807) is 12.1 Å². The van der Waals surface area contributed by atoms with Gasteiger partial charge in [0.2, 0.25) is 5.91 Å². The van der Waals surface area contributed by atoms with E-state index in [1.165, 1.54) is 20.2 Å². The van der Waals surface area contributed by atoms with Gasteiger partial charge in [0, 0.05) is 11.4 Å². The van der Waals surface area contributed by atoms with Gasteiger partial charge in [-0.15, -0.1) is 0 Å². The Morgan fingerprint density at radius 2 is 2.04 bits per heavy atom. The fourth-order valence-corrected chi connectivity index (χ4v) is 2.43. The summed E-state index contributed by atoms with van der Waals surface area (Å²) in [5.74, 6) is 0.696. The van der Waals surface area contributed by atoms with Crippen LogP contribution in [0.3, 0.4) is 0 Å². The second kappa shape index (κ2) is 8.70. The van der Waals surface area contributed by atoms with Crippen LogP contribution in [0.25, 0.3) is 0 Å². The fourth-order valence-electron chi connectivity index (χ4n) is 1.89. The minimum atomic E-state index is -0.251. The lowest BCUT2D eigenvalue weighted by atomic mass is 10.2. The summed E-state index contributed by atoms with van der Waals surface area (Å²) in [5, 5.41) is 4.20. The van der Waals surface area contributed by atoms with E-state index in [0.29, 0.717) is 28.7 Å². The van der Waals surface area contributed by atoms with Gasteiger partial charge in [-0.2, -0.15) is 5.10 Å². The molecule has 5 nitrogen and oxygen atoms in total. The second-order valence-corrected chi connectivity index (χ2v) is 6.20. The van der Waals surface area contributed by atoms with Crippen molar-refractivity contribution in [1.82, 2.24) is 5.43 Å². The molecule has 0 aromatic heterocycles. The van der Waals surface area contributed by atoms with Gasteiger partial charge < -0.3 is 9.47 Å². The van der Waals surface area contributed by atoms with Crippen LogP contribution in [0.2, 0.25) is 5.02 Å². The van der Waals surface area contributed by atoms with Gasteiger partial charge in [-0.1, -0.05) is 39.7 Å². The average Bonchev–Trinajstić information content (AvgIpc) is 2.54. The molecule has 2 aromatic rings. The van der Waals surface area contributed by atoms with Crippen molar-refractivity contribution < 1.29 is 14.3 Å². The normalized spacial score (nSPS) is 10.7. The average molecular weight is 412 g/mol. The summed E-state index contributed by atoms with van der Waals surface area (Å²) in [4.78, 5) is 10.8. The van der Waals surface area contributed by atoms with Crippen LogP contribution in [0.5, 0.6) is 11.5 Å². The zero-order valence-corrected chi connectivity index (χ0v) is 15.5. The molecule has 0 atom stereocenters. The van der Waals surface area contributed by atoms with Gasteiger partial charge in [-0.3, -0.25) is 4.79 Å². The maximum absolute atomic E-state index is 10.8. The van der Waals surface area contributed by atoms with Crippen molar-refractivity contribution >= 4 is 39.7 Å². The number of hydrogen-bond acceptors (Lipinski definition) is 4. The lowest BCUT2D eigenvalue weighted by molar-refractivity contribution is -0.118. The molecule has 0 spiro atoms. The third-order valence-corrected chi connectivity index (χ3v) is 3.79. The van der Waals surface area contributed by atoms with Gasteiger partial charge >= 0.3 is 0 Å². The monoisotopic (exact) mass is 410 g/mol. The van der Waals surface area contributed by atoms with E-state index in [-0.39, 0.29) is 5.91 Å². The molecule has 1 N–H and O–H groups in total. The number of hydrogen-bond donors (Lipinski definition) is 1. The SMILES string of the molecule is COc1cc(/C=N\NC(C)=O)cc(Cl)c1OCc1ccc(Br)cc1. The standard InChI is InChI=1S/C17H16BrClN2O3/c1-11(22)21-20-9-13-7-15(19)17(16(8-13)23-2)24-10-12-3-5-14(18)6-4-12/h3-9H,10H2,1-2H3,(H,21,22)/b20-9-. The number of carbonyl (C=O) groups excluding carboxylic acids is 1. The predicted octanol–water partition coefficient (Wildman–Crippen LogP) is 4.16. The highest BCUT2D eigenvalue weighted by Gasteiger charge is 2.12. The van der Waals surface area contributed by atoms with E-state index in [0.717, 1.165) is 10.0 Å². The van der Waals surface area contributed by atoms with Gasteiger partial charge in [0.25, 0.3) is 0 Å². The minimum absolute atomic E-state index is 0.251. The number of rotatable bonds is 6. The molecular weight excluding hydrogens is 396 g/mol. The molecule has 2 rings (SSSR count). The number of hydrazone groups is 1. The van der Waals surface area contributed by atoms with Crippen molar-refractivity contribution in [3.8, 4) is 11.5 Å². The van der Waals surface area contributed by atoms with Crippen LogP contribution in [0.15, 0.2) is 46.0 Å². The van der Waals surface area contributed by atoms with E-state index in [9.17, 15) is 4.79 Å². The van der Waals surface area contributed by atoms with Gasteiger partial charge in [0.05, 0.1) is 18.3 Å². The zero-order chi connectivity index (χ0) is 17.5. The highest BCUT2D eigenvalue weighted by atomic mass is 79.9. The summed E-state index contributed by atoms with van der Waals surface area (Å²) < 4.78 is 12.1. The van der Waals surface area contributed by atoms with Crippen molar-refractivity contribution in [1.29, 1.82) is 0 Å². The number of nitrogens with zero attached hydrogens (tertiary/aromatic N) is 1. The van der Waals surface area contributed by atoms with E-state index in [2.05, 4.69) is 26.5 Å². The highest BCUT2D eigenvalue weighted by molar-refractivity contribution is 9.10. The topological polar surface area (TPSA) is 59.9 Å². The van der Waals surface area contributed by atoms with Crippen LogP contribution < -0.4 is 14.9 Å². The van der Waals surface area contributed by atoms with Gasteiger partial charge in [-0.05, 0) is 35.4 Å². The van der Waals surface area contributed by atoms with E-state index in [1.807, 2.05) is 24.3 Å². The third-order valence-electron chi connectivity index (χ3n) is 2.98. The van der Waals surface area contributed by atoms with E-state index >= 15 is 0 Å². The number of ether oxygens (including phenoxy) is 2. The highest BCUT2D eigenvalue weighted by Crippen LogP contribution is 2.36. The van der Waals surface area contributed by atoms with Crippen LogP contribution in [-0.2, 0) is 11.4 Å². The van der Waals surface area contributed by atoms with Crippen molar-refractivity contribution in [3.05, 3.63) is 57.0 Å². The predicted molar refractivity (Wildman–Crippen MR) is 97.9 cm³/mol. The molecule has 0 aliphatic rings. The minimum Gasteiger partial charge on any atom is -0.493 e. The van der Waals surface area contributed by atoms with Crippen LogP contribution in [-0.4, -0.2) is 19.2 Å². The Kier molecular flexibility index (Phi) is 6.63. The summed E-state index contributed by atoms with van der Waals surface area (Å²) in [5.41, 5.74) is 4.02. The van der Waals surface area contributed by atoms with Crippen molar-refractivity contribution in [2.24, 2.45) is 5.10 Å². The van der Waals surface area contributed by atoms with Crippen LogP contribution in [0.1, 0.15) is 18.1 Å². The summed E-state index contributed by atoms with van der Waals surface area (Å²) in [6, 6.07) is 11.2. The molecule has 0 saturated carbocycles. The second-order valence-electron chi connectivity index (χ2n) is 4.88. The third kappa shape index (κ3) is 5.25. The van der Waals surface area contributed by atoms with Crippen molar-refractivity contribution in [3.63, 3.8) is 0 Å². The molecule has 0 heterocycles. The molecule has 7 heteroatoms. The molecule has 24 heavy (non-hydrogen) atoms. The summed E-state index contributed by atoms with van der Waals surface area (Å²) >= 11 is 9.68. The molecule has 0 aliphatic heterocycles. The quantitative estimate of drug-likeness (QED) is 0.573. The summed E-state index contributed by atoms with van der Waals surface area (Å²) in [6.45, 7) is 1.74. The van der Waals surface area contributed by atoms with E-state index < -0.39 is 0 Å². The largest absolute Gasteiger partial charge is 0.493 e. The Morgan fingerprint density at radius 1 is 1.33 bits per heavy atom. The summed E-state index contributed by atoms with van der Waals surface area (Å²) in [7, 11) is 1.53. The lowest BCUT2D eigenvalue weighted by Gasteiger charge is -2.13. The van der Waals surface area contributed by atoms with Crippen LogP contribution in [0.4, 0.5) is 0 Å². The first-order chi connectivity index (χ1) is 11.5. The first kappa shape index (κ1) is 18.3. The molecule has 0 aliphatic carbocycles. The Morgan fingerprint density at radius 3 is 2.67 bits per heavy atom. The zero-order valence-electron chi connectivity index (χ0n) is 13.2. The maximum atomic E-state index is 10.8. The summed E-state index contributed by atoms with van der Waals surface area (Å²) in [6.07, 6.45) is 1.48. The maximum Gasteiger partial charge on any atom is 0.236 e. The number of methoxy groups -OCH3 is 1. The van der Waals surface area contributed by atoms with Crippen LogP contribution in [0, 0.1) is 0 Å². The Hall–Kier alpha value is -2.05.